The van der Waals surface area contributed by atoms with Crippen molar-refractivity contribution in [3.63, 3.8) is 0 Å². The molecule has 1 saturated heterocycles. The summed E-state index contributed by atoms with van der Waals surface area (Å²) in [7, 11) is 0. The van der Waals surface area contributed by atoms with Gasteiger partial charge in [0, 0.05) is 43.7 Å². The summed E-state index contributed by atoms with van der Waals surface area (Å²) in [6.45, 7) is 3.87. The highest BCUT2D eigenvalue weighted by atomic mass is 35.5. The number of nitrogens with zero attached hydrogens (tertiary/aromatic N) is 3. The Hall–Kier alpha value is -2.81. The van der Waals surface area contributed by atoms with Crippen molar-refractivity contribution in [3.8, 4) is 0 Å². The van der Waals surface area contributed by atoms with E-state index in [9.17, 15) is 14.0 Å². The van der Waals surface area contributed by atoms with E-state index in [4.69, 9.17) is 11.6 Å². The number of carbonyl (C=O) groups excluding carboxylic acids is 2. The van der Waals surface area contributed by atoms with Crippen molar-refractivity contribution in [2.75, 3.05) is 31.5 Å². The van der Waals surface area contributed by atoms with Gasteiger partial charge in [0.05, 0.1) is 5.02 Å². The topological polar surface area (TPSA) is 65.5 Å². The van der Waals surface area contributed by atoms with E-state index in [1.165, 1.54) is 29.0 Å². The predicted molar refractivity (Wildman–Crippen MR) is 124 cm³/mol. The number of benzene rings is 2. The molecule has 1 N–H and O–H groups in total. The molecule has 4 rings (SSSR count). The van der Waals surface area contributed by atoms with Crippen LogP contribution in [0.2, 0.25) is 5.02 Å². The number of aromatic nitrogens is 1. The number of rotatable bonds is 5. The largest absolute Gasteiger partial charge is 0.336 e. The van der Waals surface area contributed by atoms with E-state index in [1.807, 2.05) is 23.1 Å². The standard InChI is InChI=1S/C23H22ClFN4O2S/c24-18-13-17(7-8-19(18)25)21(30)27-23-26-20(15-32-23)22(31)29-10-4-9-28(11-12-29)14-16-5-2-1-3-6-16/h1-3,5-8,13,15H,4,9-12,14H2,(H,26,27,30). The zero-order chi connectivity index (χ0) is 22.5. The lowest BCUT2D eigenvalue weighted by molar-refractivity contribution is 0.0755. The van der Waals surface area contributed by atoms with Crippen LogP contribution in [0.25, 0.3) is 0 Å². The number of hydrogen-bond donors (Lipinski definition) is 1. The minimum absolute atomic E-state index is 0.130. The molecule has 1 aliphatic heterocycles. The van der Waals surface area contributed by atoms with E-state index in [0.29, 0.717) is 23.9 Å². The van der Waals surface area contributed by atoms with Crippen molar-refractivity contribution < 1.29 is 14.0 Å². The molecule has 166 valence electrons. The first-order valence-corrected chi connectivity index (χ1v) is 11.5. The number of hydrogen-bond acceptors (Lipinski definition) is 5. The molecular formula is C23H22ClFN4O2S. The molecule has 3 aromatic rings. The van der Waals surface area contributed by atoms with E-state index in [1.54, 1.807) is 5.38 Å². The van der Waals surface area contributed by atoms with Gasteiger partial charge in [-0.15, -0.1) is 11.3 Å². The summed E-state index contributed by atoms with van der Waals surface area (Å²) in [5, 5.41) is 4.45. The van der Waals surface area contributed by atoms with Crippen LogP contribution in [0.3, 0.4) is 0 Å². The molecule has 0 aliphatic carbocycles. The van der Waals surface area contributed by atoms with E-state index < -0.39 is 11.7 Å². The monoisotopic (exact) mass is 472 g/mol. The molecule has 0 bridgehead atoms. The van der Waals surface area contributed by atoms with Gasteiger partial charge in [0.1, 0.15) is 11.5 Å². The van der Waals surface area contributed by atoms with Gasteiger partial charge in [-0.1, -0.05) is 41.9 Å². The maximum atomic E-state index is 13.3. The molecule has 2 heterocycles. The molecule has 0 radical (unpaired) electrons. The van der Waals surface area contributed by atoms with E-state index in [2.05, 4.69) is 27.3 Å². The third-order valence-electron chi connectivity index (χ3n) is 5.25. The zero-order valence-corrected chi connectivity index (χ0v) is 18.8. The Kier molecular flexibility index (Phi) is 7.14. The number of amides is 2. The van der Waals surface area contributed by atoms with Gasteiger partial charge in [0.25, 0.3) is 11.8 Å². The van der Waals surface area contributed by atoms with Gasteiger partial charge in [0.2, 0.25) is 0 Å². The second-order valence-electron chi connectivity index (χ2n) is 7.53. The lowest BCUT2D eigenvalue weighted by Crippen LogP contribution is -2.35. The molecule has 0 unspecified atom stereocenters. The van der Waals surface area contributed by atoms with Crippen LogP contribution < -0.4 is 5.32 Å². The Labute approximate surface area is 194 Å². The fourth-order valence-electron chi connectivity index (χ4n) is 3.57. The minimum atomic E-state index is -0.592. The summed E-state index contributed by atoms with van der Waals surface area (Å²) in [5.41, 5.74) is 1.78. The molecule has 0 atom stereocenters. The second-order valence-corrected chi connectivity index (χ2v) is 8.79. The highest BCUT2D eigenvalue weighted by Crippen LogP contribution is 2.21. The maximum absolute atomic E-state index is 13.3. The van der Waals surface area contributed by atoms with Crippen molar-refractivity contribution in [3.05, 3.63) is 81.6 Å². The molecule has 2 aromatic carbocycles. The highest BCUT2D eigenvalue weighted by molar-refractivity contribution is 7.14. The Morgan fingerprint density at radius 3 is 2.69 bits per heavy atom. The zero-order valence-electron chi connectivity index (χ0n) is 17.3. The van der Waals surface area contributed by atoms with Gasteiger partial charge in [-0.05, 0) is 30.2 Å². The van der Waals surface area contributed by atoms with Gasteiger partial charge in [-0.25, -0.2) is 9.37 Å². The summed E-state index contributed by atoms with van der Waals surface area (Å²) >= 11 is 6.91. The van der Waals surface area contributed by atoms with Crippen LogP contribution in [0.15, 0.2) is 53.9 Å². The lowest BCUT2D eigenvalue weighted by atomic mass is 10.2. The van der Waals surface area contributed by atoms with Crippen LogP contribution in [-0.2, 0) is 6.54 Å². The van der Waals surface area contributed by atoms with Crippen molar-refractivity contribution in [2.45, 2.75) is 13.0 Å². The Bertz CT molecular complexity index is 1110. The third kappa shape index (κ3) is 5.51. The Morgan fingerprint density at radius 1 is 1.09 bits per heavy atom. The van der Waals surface area contributed by atoms with Crippen LogP contribution in [0, 0.1) is 5.82 Å². The summed E-state index contributed by atoms with van der Waals surface area (Å²) < 4.78 is 13.3. The molecule has 9 heteroatoms. The summed E-state index contributed by atoms with van der Waals surface area (Å²) in [6.07, 6.45) is 0.887. The summed E-state index contributed by atoms with van der Waals surface area (Å²) in [5.74, 6) is -1.20. The van der Waals surface area contributed by atoms with Crippen molar-refractivity contribution in [1.82, 2.24) is 14.8 Å². The number of carbonyl (C=O) groups is 2. The first-order valence-electron chi connectivity index (χ1n) is 10.3. The van der Waals surface area contributed by atoms with E-state index in [-0.39, 0.29) is 16.5 Å². The van der Waals surface area contributed by atoms with Crippen LogP contribution in [0.1, 0.15) is 32.8 Å². The van der Waals surface area contributed by atoms with Crippen LogP contribution in [-0.4, -0.2) is 52.8 Å². The lowest BCUT2D eigenvalue weighted by Gasteiger charge is -2.21. The van der Waals surface area contributed by atoms with Crippen LogP contribution in [0.4, 0.5) is 9.52 Å². The first kappa shape index (κ1) is 22.4. The number of nitrogens with one attached hydrogen (secondary N) is 1. The molecule has 0 saturated carbocycles. The average Bonchev–Trinajstić information content (AvgIpc) is 3.13. The second kappa shape index (κ2) is 10.2. The predicted octanol–water partition coefficient (Wildman–Crippen LogP) is 4.54. The summed E-state index contributed by atoms with van der Waals surface area (Å²) in [4.78, 5) is 33.8. The van der Waals surface area contributed by atoms with Crippen LogP contribution >= 0.6 is 22.9 Å². The molecule has 1 fully saturated rings. The maximum Gasteiger partial charge on any atom is 0.273 e. The molecule has 1 aliphatic rings. The SMILES string of the molecule is O=C(Nc1nc(C(=O)N2CCCN(Cc3ccccc3)CC2)cs1)c1ccc(F)c(Cl)c1. The van der Waals surface area contributed by atoms with Gasteiger partial charge in [-0.3, -0.25) is 19.8 Å². The van der Waals surface area contributed by atoms with Crippen molar-refractivity contribution in [1.29, 1.82) is 0 Å². The van der Waals surface area contributed by atoms with Gasteiger partial charge >= 0.3 is 0 Å². The highest BCUT2D eigenvalue weighted by Gasteiger charge is 2.23. The molecular weight excluding hydrogens is 451 g/mol. The van der Waals surface area contributed by atoms with Crippen LogP contribution in [0.5, 0.6) is 0 Å². The first-order chi connectivity index (χ1) is 15.5. The number of halogens is 2. The normalized spacial score (nSPS) is 14.8. The molecule has 2 amide bonds. The average molecular weight is 473 g/mol. The van der Waals surface area contributed by atoms with Gasteiger partial charge in [0.15, 0.2) is 5.13 Å². The van der Waals surface area contributed by atoms with Gasteiger partial charge in [-0.2, -0.15) is 0 Å². The number of anilines is 1. The van der Waals surface area contributed by atoms with Crippen molar-refractivity contribution >= 4 is 39.9 Å². The van der Waals surface area contributed by atoms with E-state index >= 15 is 0 Å². The molecule has 1 aromatic heterocycles. The van der Waals surface area contributed by atoms with Crippen molar-refractivity contribution in [2.24, 2.45) is 0 Å². The summed E-state index contributed by atoms with van der Waals surface area (Å²) in [6, 6.07) is 14.0. The number of thiazole rings is 1. The quantitative estimate of drug-likeness (QED) is 0.592. The molecule has 32 heavy (non-hydrogen) atoms. The third-order valence-corrected chi connectivity index (χ3v) is 6.30. The van der Waals surface area contributed by atoms with E-state index in [0.717, 1.165) is 32.1 Å². The Balaban J connectivity index is 1.34. The molecule has 0 spiro atoms. The fourth-order valence-corrected chi connectivity index (χ4v) is 4.43. The van der Waals surface area contributed by atoms with Gasteiger partial charge < -0.3 is 4.90 Å². The Morgan fingerprint density at radius 2 is 1.91 bits per heavy atom. The fraction of sp³-hybridized carbons (Fsp3) is 0.261. The molecule has 6 nitrogen and oxygen atoms in total. The smallest absolute Gasteiger partial charge is 0.273 e. The minimum Gasteiger partial charge on any atom is -0.336 e.